The van der Waals surface area contributed by atoms with Gasteiger partial charge < -0.3 is 20.3 Å². The number of aliphatic imine (C=N–C) groups is 1. The molecule has 1 aliphatic heterocycles. The predicted molar refractivity (Wildman–Crippen MR) is 113 cm³/mol. The summed E-state index contributed by atoms with van der Waals surface area (Å²) in [5.74, 6) is 1.65. The number of amides is 1. The number of carbonyl (C=O) groups excluding carboxylic acids is 1. The lowest BCUT2D eigenvalue weighted by molar-refractivity contribution is 0.0485. The molecule has 1 fully saturated rings. The zero-order valence-electron chi connectivity index (χ0n) is 18.4. The van der Waals surface area contributed by atoms with Crippen molar-refractivity contribution >= 4 is 21.9 Å². The van der Waals surface area contributed by atoms with Crippen LogP contribution in [0.2, 0.25) is 0 Å². The first-order valence-electron chi connectivity index (χ1n) is 9.94. The van der Waals surface area contributed by atoms with Crippen LogP contribution in [-0.2, 0) is 14.6 Å². The molecule has 0 bridgehead atoms. The summed E-state index contributed by atoms with van der Waals surface area (Å²) in [6.45, 7) is 11.0. The van der Waals surface area contributed by atoms with Crippen molar-refractivity contribution in [3.8, 4) is 0 Å². The second-order valence-electron chi connectivity index (χ2n) is 8.90. The highest BCUT2D eigenvalue weighted by Crippen LogP contribution is 2.17. The Morgan fingerprint density at radius 2 is 1.96 bits per heavy atom. The maximum Gasteiger partial charge on any atom is 0.407 e. The number of carbonyl (C=O) groups is 1. The van der Waals surface area contributed by atoms with E-state index in [0.717, 1.165) is 12.4 Å². The smallest absolute Gasteiger partial charge is 0.407 e. The highest BCUT2D eigenvalue weighted by molar-refractivity contribution is 7.91. The van der Waals surface area contributed by atoms with E-state index >= 15 is 0 Å². The van der Waals surface area contributed by atoms with Crippen LogP contribution in [0.4, 0.5) is 4.79 Å². The van der Waals surface area contributed by atoms with Gasteiger partial charge in [-0.25, -0.2) is 13.2 Å². The highest BCUT2D eigenvalue weighted by atomic mass is 32.2. The molecule has 1 heterocycles. The molecule has 1 saturated heterocycles. The number of ether oxygens (including phenoxy) is 1. The number of nitrogens with zero attached hydrogens (tertiary/aromatic N) is 2. The molecular formula is C19H38N4O4S. The third kappa shape index (κ3) is 9.12. The van der Waals surface area contributed by atoms with Crippen molar-refractivity contribution in [1.29, 1.82) is 0 Å². The van der Waals surface area contributed by atoms with Gasteiger partial charge in [0.25, 0.3) is 0 Å². The summed E-state index contributed by atoms with van der Waals surface area (Å²) in [7, 11) is 0.776. The van der Waals surface area contributed by atoms with Crippen molar-refractivity contribution in [1.82, 2.24) is 15.5 Å². The number of nitrogens with one attached hydrogen (secondary N) is 2. The first kappa shape index (κ1) is 24.5. The van der Waals surface area contributed by atoms with E-state index in [1.165, 1.54) is 0 Å². The van der Waals surface area contributed by atoms with Crippen LogP contribution in [0.3, 0.4) is 0 Å². The summed E-state index contributed by atoms with van der Waals surface area (Å²) in [6.07, 6.45) is 1.04. The first-order chi connectivity index (χ1) is 12.8. The lowest BCUT2D eigenvalue weighted by atomic mass is 10.0. The molecule has 2 N–H and O–H groups in total. The maximum atomic E-state index is 12.1. The first-order valence-corrected chi connectivity index (χ1v) is 11.8. The van der Waals surface area contributed by atoms with Crippen LogP contribution in [0.1, 0.15) is 47.5 Å². The summed E-state index contributed by atoms with van der Waals surface area (Å²) in [6, 6.07) is -0.0182. The van der Waals surface area contributed by atoms with Gasteiger partial charge in [0.1, 0.15) is 5.60 Å². The summed E-state index contributed by atoms with van der Waals surface area (Å²) >= 11 is 0. The van der Waals surface area contributed by atoms with Gasteiger partial charge in [0.2, 0.25) is 0 Å². The number of hydrogen-bond donors (Lipinski definition) is 2. The van der Waals surface area contributed by atoms with E-state index in [-0.39, 0.29) is 29.4 Å². The molecule has 1 rings (SSSR count). The molecule has 0 aliphatic carbocycles. The Hall–Kier alpha value is -1.51. The molecule has 2 unspecified atom stereocenters. The zero-order valence-corrected chi connectivity index (χ0v) is 19.2. The quantitative estimate of drug-likeness (QED) is 0.484. The van der Waals surface area contributed by atoms with Crippen LogP contribution in [0.25, 0.3) is 0 Å². The van der Waals surface area contributed by atoms with Gasteiger partial charge in [-0.2, -0.15) is 0 Å². The fourth-order valence-electron chi connectivity index (χ4n) is 3.12. The summed E-state index contributed by atoms with van der Waals surface area (Å²) in [4.78, 5) is 18.4. The lowest BCUT2D eigenvalue weighted by Gasteiger charge is -2.29. The fourth-order valence-corrected chi connectivity index (χ4v) is 4.98. The number of alkyl carbamates (subject to hydrolysis) is 1. The van der Waals surface area contributed by atoms with E-state index in [9.17, 15) is 13.2 Å². The third-order valence-electron chi connectivity index (χ3n) is 4.73. The van der Waals surface area contributed by atoms with E-state index in [0.29, 0.717) is 19.5 Å². The monoisotopic (exact) mass is 418 g/mol. The molecule has 0 aromatic rings. The van der Waals surface area contributed by atoms with E-state index in [1.807, 2.05) is 32.7 Å². The second kappa shape index (κ2) is 10.3. The molecule has 0 saturated carbocycles. The molecular weight excluding hydrogens is 380 g/mol. The van der Waals surface area contributed by atoms with Crippen molar-refractivity contribution in [2.75, 3.05) is 38.7 Å². The Kier molecular flexibility index (Phi) is 9.04. The molecule has 9 heteroatoms. The summed E-state index contributed by atoms with van der Waals surface area (Å²) < 4.78 is 28.5. The molecule has 8 nitrogen and oxygen atoms in total. The van der Waals surface area contributed by atoms with Crippen LogP contribution in [0, 0.1) is 11.8 Å². The lowest BCUT2D eigenvalue weighted by Crippen LogP contribution is -2.46. The number of hydrogen-bond acceptors (Lipinski definition) is 5. The number of rotatable bonds is 7. The molecule has 0 aromatic carbocycles. The number of guanidine groups is 1. The van der Waals surface area contributed by atoms with Crippen LogP contribution in [0.5, 0.6) is 0 Å². The molecule has 0 aromatic heterocycles. The molecule has 2 atom stereocenters. The fraction of sp³-hybridized carbons (Fsp3) is 0.895. The number of sulfone groups is 1. The van der Waals surface area contributed by atoms with Gasteiger partial charge in [0.15, 0.2) is 15.8 Å². The average Bonchev–Trinajstić information content (AvgIpc) is 2.89. The van der Waals surface area contributed by atoms with Gasteiger partial charge in [-0.15, -0.1) is 0 Å². The van der Waals surface area contributed by atoms with Gasteiger partial charge in [0, 0.05) is 33.2 Å². The largest absolute Gasteiger partial charge is 0.444 e. The summed E-state index contributed by atoms with van der Waals surface area (Å²) in [5, 5.41) is 6.23. The van der Waals surface area contributed by atoms with E-state index in [1.54, 1.807) is 7.05 Å². The minimum atomic E-state index is -2.87. The minimum Gasteiger partial charge on any atom is -0.444 e. The standard InChI is InChI=1S/C19H38N4O4S/c1-14(2)16(22-18(24)27-19(3,4)5)8-10-23(7)17(20-6)21-12-15-9-11-28(25,26)13-15/h14-16H,8-13H2,1-7H3,(H,20,21)(H,22,24). The van der Waals surface area contributed by atoms with Crippen molar-refractivity contribution < 1.29 is 17.9 Å². The maximum absolute atomic E-state index is 12.1. The van der Waals surface area contributed by atoms with Crippen LogP contribution in [-0.4, -0.2) is 75.7 Å². The Morgan fingerprint density at radius 1 is 1.32 bits per heavy atom. The molecule has 1 amide bonds. The van der Waals surface area contributed by atoms with Crippen LogP contribution in [0.15, 0.2) is 4.99 Å². The third-order valence-corrected chi connectivity index (χ3v) is 6.57. The van der Waals surface area contributed by atoms with E-state index in [4.69, 9.17) is 4.74 Å². The van der Waals surface area contributed by atoms with Crippen molar-refractivity contribution in [3.05, 3.63) is 0 Å². The molecule has 1 aliphatic rings. The Labute approximate surface area is 170 Å². The Balaban J connectivity index is 2.50. The van der Waals surface area contributed by atoms with E-state index in [2.05, 4.69) is 29.5 Å². The second-order valence-corrected chi connectivity index (χ2v) is 11.1. The average molecular weight is 419 g/mol. The zero-order chi connectivity index (χ0) is 21.5. The highest BCUT2D eigenvalue weighted by Gasteiger charge is 2.28. The minimum absolute atomic E-state index is 0.0182. The molecule has 0 spiro atoms. The Morgan fingerprint density at radius 3 is 2.43 bits per heavy atom. The summed E-state index contributed by atoms with van der Waals surface area (Å²) in [5.41, 5.74) is -0.526. The topological polar surface area (TPSA) is 100 Å². The normalized spacial score (nSPS) is 20.7. The molecule has 164 valence electrons. The van der Waals surface area contributed by atoms with Gasteiger partial charge in [-0.05, 0) is 45.4 Å². The van der Waals surface area contributed by atoms with E-state index < -0.39 is 21.5 Å². The molecule has 0 radical (unpaired) electrons. The predicted octanol–water partition coefficient (Wildman–Crippen LogP) is 1.87. The van der Waals surface area contributed by atoms with Gasteiger partial charge in [-0.3, -0.25) is 4.99 Å². The van der Waals surface area contributed by atoms with Crippen molar-refractivity contribution in [3.63, 3.8) is 0 Å². The van der Waals surface area contributed by atoms with Crippen LogP contribution >= 0.6 is 0 Å². The van der Waals surface area contributed by atoms with Crippen molar-refractivity contribution in [2.45, 2.75) is 59.1 Å². The SMILES string of the molecule is CN=C(NCC1CCS(=O)(=O)C1)N(C)CCC(NC(=O)OC(C)(C)C)C(C)C. The van der Waals surface area contributed by atoms with Gasteiger partial charge >= 0.3 is 6.09 Å². The van der Waals surface area contributed by atoms with Crippen LogP contribution < -0.4 is 10.6 Å². The Bertz CT molecular complexity index is 641. The van der Waals surface area contributed by atoms with Crippen molar-refractivity contribution in [2.24, 2.45) is 16.8 Å². The van der Waals surface area contributed by atoms with Gasteiger partial charge in [0.05, 0.1) is 11.5 Å². The molecule has 28 heavy (non-hydrogen) atoms. The van der Waals surface area contributed by atoms with Gasteiger partial charge in [-0.1, -0.05) is 13.8 Å².